The molecule has 0 bridgehead atoms. The lowest BCUT2D eigenvalue weighted by molar-refractivity contribution is -0.139. The summed E-state index contributed by atoms with van der Waals surface area (Å²) in [5.41, 5.74) is 1.86. The number of ether oxygens (including phenoxy) is 1. The number of hydrogen-bond donors (Lipinski definition) is 0. The Morgan fingerprint density at radius 1 is 1.50 bits per heavy atom. The van der Waals surface area contributed by atoms with Crippen molar-refractivity contribution in [1.29, 1.82) is 0 Å². The Labute approximate surface area is 107 Å². The molecule has 4 nitrogen and oxygen atoms in total. The van der Waals surface area contributed by atoms with Crippen molar-refractivity contribution in [3.05, 3.63) is 17.5 Å². The van der Waals surface area contributed by atoms with Gasteiger partial charge in [-0.05, 0) is 19.9 Å². The molecule has 1 heterocycles. The van der Waals surface area contributed by atoms with Gasteiger partial charge in [-0.25, -0.2) is 9.97 Å². The first-order chi connectivity index (χ1) is 7.52. The van der Waals surface area contributed by atoms with Crippen molar-refractivity contribution in [2.45, 2.75) is 23.8 Å². The van der Waals surface area contributed by atoms with Crippen LogP contribution >= 0.6 is 27.7 Å². The highest BCUT2D eigenvalue weighted by Crippen LogP contribution is 2.18. The third kappa shape index (κ3) is 4.09. The first kappa shape index (κ1) is 13.4. The molecule has 0 aliphatic rings. The number of halogens is 1. The quantitative estimate of drug-likeness (QED) is 0.369. The van der Waals surface area contributed by atoms with Crippen LogP contribution in [0.15, 0.2) is 11.2 Å². The number of aromatic nitrogens is 2. The highest BCUT2D eigenvalue weighted by atomic mass is 79.9. The van der Waals surface area contributed by atoms with Gasteiger partial charge in [-0.3, -0.25) is 4.79 Å². The van der Waals surface area contributed by atoms with E-state index in [1.54, 1.807) is 0 Å². The van der Waals surface area contributed by atoms with E-state index in [4.69, 9.17) is 0 Å². The fourth-order valence-corrected chi connectivity index (χ4v) is 2.53. The second-order valence-corrected chi connectivity index (χ2v) is 5.33. The monoisotopic (exact) mass is 304 g/mol. The Morgan fingerprint density at radius 3 is 2.56 bits per heavy atom. The van der Waals surface area contributed by atoms with Gasteiger partial charge in [0.1, 0.15) is 4.83 Å². The Bertz CT molecular complexity index is 367. The molecular formula is C10H13BrN2O2S. The molecule has 0 aliphatic heterocycles. The van der Waals surface area contributed by atoms with Crippen LogP contribution in [0.4, 0.5) is 0 Å². The normalized spacial score (nSPS) is 12.2. The summed E-state index contributed by atoms with van der Waals surface area (Å²) in [4.78, 5) is 19.4. The molecular weight excluding hydrogens is 292 g/mol. The molecule has 0 amide bonds. The number of aryl methyl sites for hydroxylation is 2. The highest BCUT2D eigenvalue weighted by Gasteiger charge is 2.16. The summed E-state index contributed by atoms with van der Waals surface area (Å²) in [6.45, 7) is 3.84. The van der Waals surface area contributed by atoms with Gasteiger partial charge in [0.25, 0.3) is 0 Å². The molecule has 0 saturated heterocycles. The molecule has 1 unspecified atom stereocenters. The predicted octanol–water partition coefficient (Wildman–Crippen LogP) is 2.12. The third-order valence-corrected chi connectivity index (χ3v) is 3.84. The summed E-state index contributed by atoms with van der Waals surface area (Å²) in [5.74, 6) is 0.270. The van der Waals surface area contributed by atoms with E-state index in [1.165, 1.54) is 18.9 Å². The van der Waals surface area contributed by atoms with Gasteiger partial charge in [-0.15, -0.1) is 0 Å². The molecule has 16 heavy (non-hydrogen) atoms. The summed E-state index contributed by atoms with van der Waals surface area (Å²) >= 11 is 4.68. The van der Waals surface area contributed by atoms with Crippen LogP contribution in [0.5, 0.6) is 0 Å². The van der Waals surface area contributed by atoms with E-state index in [0.29, 0.717) is 10.9 Å². The molecule has 88 valence electrons. The average molecular weight is 305 g/mol. The second-order valence-electron chi connectivity index (χ2n) is 3.23. The predicted molar refractivity (Wildman–Crippen MR) is 67.0 cm³/mol. The number of rotatable bonds is 4. The van der Waals surface area contributed by atoms with E-state index >= 15 is 0 Å². The minimum absolute atomic E-state index is 0.281. The second kappa shape index (κ2) is 6.20. The lowest BCUT2D eigenvalue weighted by Gasteiger charge is -2.06. The number of carbonyl (C=O) groups excluding carboxylic acids is 1. The van der Waals surface area contributed by atoms with Crippen LogP contribution in [0, 0.1) is 13.8 Å². The van der Waals surface area contributed by atoms with E-state index in [1.807, 2.05) is 19.9 Å². The zero-order chi connectivity index (χ0) is 12.1. The minimum atomic E-state index is -0.327. The van der Waals surface area contributed by atoms with E-state index in [-0.39, 0.29) is 10.8 Å². The molecule has 1 atom stereocenters. The maximum Gasteiger partial charge on any atom is 0.320 e. The molecule has 1 aromatic rings. The molecule has 0 aliphatic carbocycles. The summed E-state index contributed by atoms with van der Waals surface area (Å²) < 4.78 is 4.61. The van der Waals surface area contributed by atoms with Crippen LogP contribution in [0.2, 0.25) is 0 Å². The van der Waals surface area contributed by atoms with Crippen LogP contribution in [0.1, 0.15) is 11.4 Å². The van der Waals surface area contributed by atoms with Gasteiger partial charge in [0.05, 0.1) is 7.11 Å². The lowest BCUT2D eigenvalue weighted by Crippen LogP contribution is -2.18. The molecule has 6 heteroatoms. The number of carbonyl (C=O) groups is 1. The zero-order valence-corrected chi connectivity index (χ0v) is 11.8. The number of alkyl halides is 1. The summed E-state index contributed by atoms with van der Waals surface area (Å²) in [7, 11) is 1.37. The SMILES string of the molecule is COC(=O)C(Br)CSc1nc(C)cc(C)n1. The Kier molecular flexibility index (Phi) is 5.21. The summed E-state index contributed by atoms with van der Waals surface area (Å²) in [6, 6.07) is 1.91. The molecule has 0 radical (unpaired) electrons. The topological polar surface area (TPSA) is 52.1 Å². The smallest absolute Gasteiger partial charge is 0.320 e. The maximum atomic E-state index is 11.1. The van der Waals surface area contributed by atoms with Crippen LogP contribution in [-0.4, -0.2) is 33.6 Å². The van der Waals surface area contributed by atoms with E-state index in [0.717, 1.165) is 11.4 Å². The molecule has 1 rings (SSSR count). The van der Waals surface area contributed by atoms with Crippen LogP contribution in [0.25, 0.3) is 0 Å². The first-order valence-electron chi connectivity index (χ1n) is 4.70. The molecule has 0 fully saturated rings. The Hall–Kier alpha value is -0.620. The van der Waals surface area contributed by atoms with Gasteiger partial charge in [0.2, 0.25) is 0 Å². The molecule has 1 aromatic heterocycles. The standard InChI is InChI=1S/C10H13BrN2O2S/c1-6-4-7(2)13-10(12-6)16-5-8(11)9(14)15-3/h4,8H,5H2,1-3H3. The van der Waals surface area contributed by atoms with E-state index < -0.39 is 0 Å². The van der Waals surface area contributed by atoms with E-state index in [2.05, 4.69) is 30.6 Å². The zero-order valence-electron chi connectivity index (χ0n) is 9.36. The molecule has 0 spiro atoms. The van der Waals surface area contributed by atoms with Gasteiger partial charge in [-0.1, -0.05) is 27.7 Å². The molecule has 0 saturated carbocycles. The van der Waals surface area contributed by atoms with Gasteiger partial charge >= 0.3 is 5.97 Å². The average Bonchev–Trinajstić information content (AvgIpc) is 2.23. The van der Waals surface area contributed by atoms with Gasteiger partial charge < -0.3 is 4.74 Å². The van der Waals surface area contributed by atoms with Crippen molar-refractivity contribution in [2.75, 3.05) is 12.9 Å². The fourth-order valence-electron chi connectivity index (χ4n) is 1.10. The number of thioether (sulfide) groups is 1. The molecule has 0 N–H and O–H groups in total. The largest absolute Gasteiger partial charge is 0.468 e. The Morgan fingerprint density at radius 2 is 2.06 bits per heavy atom. The van der Waals surface area contributed by atoms with Crippen molar-refractivity contribution in [2.24, 2.45) is 0 Å². The summed E-state index contributed by atoms with van der Waals surface area (Å²) in [6.07, 6.45) is 0. The Balaban J connectivity index is 2.57. The number of hydrogen-bond acceptors (Lipinski definition) is 5. The van der Waals surface area contributed by atoms with E-state index in [9.17, 15) is 4.79 Å². The first-order valence-corrected chi connectivity index (χ1v) is 6.60. The van der Waals surface area contributed by atoms with Gasteiger partial charge in [0, 0.05) is 17.1 Å². The minimum Gasteiger partial charge on any atom is -0.468 e. The fraction of sp³-hybridized carbons (Fsp3) is 0.500. The number of nitrogens with zero attached hydrogens (tertiary/aromatic N) is 2. The third-order valence-electron chi connectivity index (χ3n) is 1.78. The van der Waals surface area contributed by atoms with Crippen molar-refractivity contribution in [3.63, 3.8) is 0 Å². The van der Waals surface area contributed by atoms with Crippen molar-refractivity contribution < 1.29 is 9.53 Å². The van der Waals surface area contributed by atoms with Crippen molar-refractivity contribution in [1.82, 2.24) is 9.97 Å². The van der Waals surface area contributed by atoms with Gasteiger partial charge in [-0.2, -0.15) is 0 Å². The maximum absolute atomic E-state index is 11.1. The number of methoxy groups -OCH3 is 1. The van der Waals surface area contributed by atoms with Crippen LogP contribution < -0.4 is 0 Å². The lowest BCUT2D eigenvalue weighted by atomic mass is 10.4. The van der Waals surface area contributed by atoms with Crippen molar-refractivity contribution in [3.8, 4) is 0 Å². The van der Waals surface area contributed by atoms with Crippen LogP contribution in [0.3, 0.4) is 0 Å². The van der Waals surface area contributed by atoms with Crippen molar-refractivity contribution >= 4 is 33.7 Å². The molecule has 0 aromatic carbocycles. The highest BCUT2D eigenvalue weighted by molar-refractivity contribution is 9.10. The number of esters is 1. The van der Waals surface area contributed by atoms with Crippen LogP contribution in [-0.2, 0) is 9.53 Å². The summed E-state index contributed by atoms with van der Waals surface area (Å²) in [5, 5.41) is 0.686. The van der Waals surface area contributed by atoms with Gasteiger partial charge in [0.15, 0.2) is 5.16 Å².